The highest BCUT2D eigenvalue weighted by Crippen LogP contribution is 2.39. The number of benzene rings is 2. The second-order valence-corrected chi connectivity index (χ2v) is 10.2. The van der Waals surface area contributed by atoms with E-state index in [0.29, 0.717) is 35.1 Å². The number of ether oxygens (including phenoxy) is 1. The molecule has 0 saturated heterocycles. The number of carbonyl (C=O) groups excluding carboxylic acids is 1. The summed E-state index contributed by atoms with van der Waals surface area (Å²) in [6, 6.07) is 16.1. The fraction of sp³-hybridized carbons (Fsp3) is 0.423. The van der Waals surface area contributed by atoms with Crippen molar-refractivity contribution in [1.29, 1.82) is 0 Å². The molecule has 0 amide bonds. The van der Waals surface area contributed by atoms with Crippen molar-refractivity contribution in [3.63, 3.8) is 0 Å². The number of nitrogens with zero attached hydrogens (tertiary/aromatic N) is 3. The minimum absolute atomic E-state index is 0.120. The lowest BCUT2D eigenvalue weighted by atomic mass is 9.84. The molecule has 0 radical (unpaired) electrons. The Hall–Kier alpha value is -2.31. The molecule has 0 aliphatic heterocycles. The number of thioether (sulfide) groups is 1. The van der Waals surface area contributed by atoms with Crippen LogP contribution in [0.1, 0.15) is 78.7 Å². The molecule has 0 spiro atoms. The molecule has 5 nitrogen and oxygen atoms in total. The van der Waals surface area contributed by atoms with Gasteiger partial charge in [0.2, 0.25) is 0 Å². The third kappa shape index (κ3) is 5.44. The number of hydrogen-bond donors (Lipinski definition) is 0. The van der Waals surface area contributed by atoms with Gasteiger partial charge in [0, 0.05) is 11.6 Å². The Morgan fingerprint density at radius 2 is 1.76 bits per heavy atom. The van der Waals surface area contributed by atoms with Crippen molar-refractivity contribution in [3.8, 4) is 5.75 Å². The van der Waals surface area contributed by atoms with E-state index in [1.807, 2.05) is 30.3 Å². The van der Waals surface area contributed by atoms with E-state index in [2.05, 4.69) is 26.9 Å². The van der Waals surface area contributed by atoms with E-state index >= 15 is 0 Å². The van der Waals surface area contributed by atoms with Crippen LogP contribution in [0.3, 0.4) is 0 Å². The molecule has 0 atom stereocenters. The van der Waals surface area contributed by atoms with Crippen LogP contribution in [-0.2, 0) is 6.61 Å². The number of ketones is 1. The number of aromatic nitrogens is 3. The highest BCUT2D eigenvalue weighted by molar-refractivity contribution is 7.99. The van der Waals surface area contributed by atoms with Crippen molar-refractivity contribution >= 4 is 29.1 Å². The van der Waals surface area contributed by atoms with E-state index in [1.165, 1.54) is 49.4 Å². The Balaban J connectivity index is 1.21. The van der Waals surface area contributed by atoms with Gasteiger partial charge in [-0.15, -0.1) is 10.2 Å². The maximum atomic E-state index is 12.8. The maximum absolute atomic E-state index is 12.8. The number of rotatable bonds is 9. The molecule has 7 heteroatoms. The summed E-state index contributed by atoms with van der Waals surface area (Å²) in [5.41, 5.74) is 2.14. The number of halogens is 1. The summed E-state index contributed by atoms with van der Waals surface area (Å²) >= 11 is 7.65. The van der Waals surface area contributed by atoms with E-state index in [0.717, 1.165) is 29.4 Å². The Kier molecular flexibility index (Phi) is 7.02. The van der Waals surface area contributed by atoms with Crippen LogP contribution in [0.25, 0.3) is 0 Å². The van der Waals surface area contributed by atoms with Gasteiger partial charge < -0.3 is 4.74 Å². The van der Waals surface area contributed by atoms with E-state index in [9.17, 15) is 4.79 Å². The van der Waals surface area contributed by atoms with Crippen LogP contribution in [0.5, 0.6) is 5.75 Å². The third-order valence-corrected chi connectivity index (χ3v) is 7.74. The molecule has 0 unspecified atom stereocenters. The standard InChI is InChI=1S/C26H28ClN3O2S/c27-22-8-4-5-9-24(22)32-16-25-28-29-26(30(25)21-14-15-21)33-17-23(31)20-12-10-19(11-13-20)18-6-2-1-3-7-18/h4-5,8-13,18,21H,1-3,6-7,14-17H2. The van der Waals surface area contributed by atoms with Gasteiger partial charge in [0.25, 0.3) is 0 Å². The van der Waals surface area contributed by atoms with Crippen molar-refractivity contribution in [1.82, 2.24) is 14.8 Å². The molecule has 2 aliphatic rings. The summed E-state index contributed by atoms with van der Waals surface area (Å²) in [6.07, 6.45) is 8.71. The fourth-order valence-corrected chi connectivity index (χ4v) is 5.61. The zero-order chi connectivity index (χ0) is 22.6. The zero-order valence-electron chi connectivity index (χ0n) is 18.6. The minimum atomic E-state index is 0.120. The van der Waals surface area contributed by atoms with Crippen LogP contribution in [0, 0.1) is 0 Å². The van der Waals surface area contributed by atoms with Crippen molar-refractivity contribution in [3.05, 3.63) is 70.5 Å². The largest absolute Gasteiger partial charge is 0.484 e. The second kappa shape index (κ2) is 10.3. The Morgan fingerprint density at radius 3 is 2.48 bits per heavy atom. The average molecular weight is 482 g/mol. The molecule has 5 rings (SSSR count). The van der Waals surface area contributed by atoms with Crippen molar-refractivity contribution < 1.29 is 9.53 Å². The maximum Gasteiger partial charge on any atom is 0.192 e. The van der Waals surface area contributed by atoms with Crippen LogP contribution in [0.4, 0.5) is 0 Å². The predicted molar refractivity (Wildman–Crippen MR) is 131 cm³/mol. The lowest BCUT2D eigenvalue weighted by Gasteiger charge is -2.22. The molecule has 33 heavy (non-hydrogen) atoms. The van der Waals surface area contributed by atoms with E-state index in [4.69, 9.17) is 16.3 Å². The van der Waals surface area contributed by atoms with Crippen LogP contribution in [0.2, 0.25) is 5.02 Å². The van der Waals surface area contributed by atoms with E-state index in [1.54, 1.807) is 6.07 Å². The van der Waals surface area contributed by atoms with Gasteiger partial charge in [-0.3, -0.25) is 9.36 Å². The topological polar surface area (TPSA) is 57.0 Å². The van der Waals surface area contributed by atoms with Gasteiger partial charge in [-0.2, -0.15) is 0 Å². The first-order valence-corrected chi connectivity index (χ1v) is 13.1. The fourth-order valence-electron chi connectivity index (χ4n) is 4.50. The van der Waals surface area contributed by atoms with E-state index < -0.39 is 0 Å². The normalized spacial score (nSPS) is 16.6. The van der Waals surface area contributed by atoms with Crippen LogP contribution in [0.15, 0.2) is 53.7 Å². The number of Topliss-reactive ketones (excluding diaryl/α,β-unsaturated/α-hetero) is 1. The van der Waals surface area contributed by atoms with Crippen molar-refractivity contribution in [2.75, 3.05) is 5.75 Å². The minimum Gasteiger partial charge on any atom is -0.484 e. The molecule has 2 saturated carbocycles. The van der Waals surface area contributed by atoms with Crippen LogP contribution >= 0.6 is 23.4 Å². The average Bonchev–Trinajstić information content (AvgIpc) is 3.62. The van der Waals surface area contributed by atoms with Gasteiger partial charge in [0.1, 0.15) is 12.4 Å². The van der Waals surface area contributed by atoms with Crippen molar-refractivity contribution in [2.45, 2.75) is 68.7 Å². The summed E-state index contributed by atoms with van der Waals surface area (Å²) in [5, 5.41) is 10.1. The highest BCUT2D eigenvalue weighted by atomic mass is 35.5. The summed E-state index contributed by atoms with van der Waals surface area (Å²) in [7, 11) is 0. The Labute approximate surface area is 203 Å². The zero-order valence-corrected chi connectivity index (χ0v) is 20.2. The van der Waals surface area contributed by atoms with Crippen LogP contribution < -0.4 is 4.74 Å². The predicted octanol–water partition coefficient (Wildman–Crippen LogP) is 6.87. The first-order valence-electron chi connectivity index (χ1n) is 11.8. The number of hydrogen-bond acceptors (Lipinski definition) is 5. The molecule has 172 valence electrons. The van der Waals surface area contributed by atoms with Gasteiger partial charge in [-0.1, -0.05) is 79.0 Å². The second-order valence-electron chi connectivity index (χ2n) is 8.89. The first-order chi connectivity index (χ1) is 16.2. The lowest BCUT2D eigenvalue weighted by molar-refractivity contribution is 0.102. The van der Waals surface area contributed by atoms with Gasteiger partial charge in [-0.25, -0.2) is 0 Å². The van der Waals surface area contributed by atoms with E-state index in [-0.39, 0.29) is 5.78 Å². The van der Waals surface area contributed by atoms with Crippen LogP contribution in [-0.4, -0.2) is 26.3 Å². The molecule has 0 N–H and O–H groups in total. The van der Waals surface area contributed by atoms with Gasteiger partial charge >= 0.3 is 0 Å². The van der Waals surface area contributed by atoms with Crippen molar-refractivity contribution in [2.24, 2.45) is 0 Å². The molecule has 1 heterocycles. The monoisotopic (exact) mass is 481 g/mol. The molecule has 2 aliphatic carbocycles. The summed E-state index contributed by atoms with van der Waals surface area (Å²) < 4.78 is 8.01. The molecule has 2 fully saturated rings. The lowest BCUT2D eigenvalue weighted by Crippen LogP contribution is -2.09. The highest BCUT2D eigenvalue weighted by Gasteiger charge is 2.30. The molecule has 1 aromatic heterocycles. The summed E-state index contributed by atoms with van der Waals surface area (Å²) in [5.74, 6) is 2.52. The summed E-state index contributed by atoms with van der Waals surface area (Å²) in [6.45, 7) is 0.296. The SMILES string of the molecule is O=C(CSc1nnc(COc2ccccc2Cl)n1C1CC1)c1ccc(C2CCCCC2)cc1. The molecule has 3 aromatic rings. The molecular formula is C26H28ClN3O2S. The molecule has 2 aromatic carbocycles. The van der Waals surface area contributed by atoms with Gasteiger partial charge in [-0.05, 0) is 49.3 Å². The summed E-state index contributed by atoms with van der Waals surface area (Å²) in [4.78, 5) is 12.8. The third-order valence-electron chi connectivity index (χ3n) is 6.48. The first kappa shape index (κ1) is 22.5. The molecule has 0 bridgehead atoms. The molecular weight excluding hydrogens is 454 g/mol. The Bertz CT molecular complexity index is 1100. The smallest absolute Gasteiger partial charge is 0.192 e. The number of carbonyl (C=O) groups is 1. The number of para-hydroxylation sites is 1. The van der Waals surface area contributed by atoms with Gasteiger partial charge in [0.15, 0.2) is 16.8 Å². The Morgan fingerprint density at radius 1 is 1.00 bits per heavy atom. The quantitative estimate of drug-likeness (QED) is 0.246. The van der Waals surface area contributed by atoms with Gasteiger partial charge in [0.05, 0.1) is 10.8 Å².